The molecule has 1 saturated heterocycles. The smallest absolute Gasteiger partial charge is 0.277 e. The summed E-state index contributed by atoms with van der Waals surface area (Å²) in [4.78, 5) is 16.4. The van der Waals surface area contributed by atoms with E-state index < -0.39 is 0 Å². The number of carbonyl (C=O) groups excluding carboxylic acids is 1. The first-order valence-corrected chi connectivity index (χ1v) is 10.2. The van der Waals surface area contributed by atoms with Crippen molar-refractivity contribution >= 4 is 23.5 Å². The Bertz CT molecular complexity index is 924. The highest BCUT2D eigenvalue weighted by Gasteiger charge is 2.19. The fourth-order valence-corrected chi connectivity index (χ4v) is 3.42. The van der Waals surface area contributed by atoms with Crippen molar-refractivity contribution in [1.82, 2.24) is 5.43 Å². The number of hydrogen-bond donors (Lipinski definition) is 1. The lowest BCUT2D eigenvalue weighted by Crippen LogP contribution is -2.24. The summed E-state index contributed by atoms with van der Waals surface area (Å²) < 4.78 is 16.6. The molecule has 2 aromatic rings. The molecule has 0 unspecified atom stereocenters. The van der Waals surface area contributed by atoms with Crippen molar-refractivity contribution in [3.05, 3.63) is 42.0 Å². The Labute approximate surface area is 183 Å². The SMILES string of the molecule is COc1cc(N2CCCC2)c(OC)cc1/C=N/NC(=O)COc1cccc(N(C)C)c1. The largest absolute Gasteiger partial charge is 0.496 e. The average molecular weight is 427 g/mol. The third kappa shape index (κ3) is 5.81. The molecule has 3 rings (SSSR count). The Morgan fingerprint density at radius 3 is 2.55 bits per heavy atom. The van der Waals surface area contributed by atoms with Crippen LogP contribution in [0.3, 0.4) is 0 Å². The van der Waals surface area contributed by atoms with Crippen molar-refractivity contribution in [2.45, 2.75) is 12.8 Å². The molecule has 0 aromatic heterocycles. The highest BCUT2D eigenvalue weighted by atomic mass is 16.5. The van der Waals surface area contributed by atoms with Gasteiger partial charge in [-0.05, 0) is 31.0 Å². The minimum Gasteiger partial charge on any atom is -0.496 e. The molecule has 1 heterocycles. The maximum Gasteiger partial charge on any atom is 0.277 e. The monoisotopic (exact) mass is 426 g/mol. The van der Waals surface area contributed by atoms with Gasteiger partial charge in [-0.3, -0.25) is 4.79 Å². The van der Waals surface area contributed by atoms with E-state index in [0.717, 1.165) is 30.2 Å². The van der Waals surface area contributed by atoms with Crippen molar-refractivity contribution < 1.29 is 19.0 Å². The molecule has 1 fully saturated rings. The molecule has 0 aliphatic carbocycles. The van der Waals surface area contributed by atoms with Crippen molar-refractivity contribution in [3.63, 3.8) is 0 Å². The number of amides is 1. The normalized spacial score (nSPS) is 13.4. The Balaban J connectivity index is 1.61. The molecular formula is C23H30N4O4. The number of hydrogen-bond acceptors (Lipinski definition) is 7. The van der Waals surface area contributed by atoms with Crippen LogP contribution >= 0.6 is 0 Å². The van der Waals surface area contributed by atoms with E-state index in [1.54, 1.807) is 20.4 Å². The highest BCUT2D eigenvalue weighted by molar-refractivity contribution is 5.88. The molecule has 31 heavy (non-hydrogen) atoms. The molecular weight excluding hydrogens is 396 g/mol. The molecule has 8 heteroatoms. The third-order valence-electron chi connectivity index (χ3n) is 5.07. The minimum absolute atomic E-state index is 0.136. The fourth-order valence-electron chi connectivity index (χ4n) is 3.42. The second kappa shape index (κ2) is 10.6. The van der Waals surface area contributed by atoms with E-state index in [2.05, 4.69) is 15.4 Å². The molecule has 0 saturated carbocycles. The number of carbonyl (C=O) groups is 1. The lowest BCUT2D eigenvalue weighted by molar-refractivity contribution is -0.123. The summed E-state index contributed by atoms with van der Waals surface area (Å²) in [5.41, 5.74) is 5.20. The summed E-state index contributed by atoms with van der Waals surface area (Å²) >= 11 is 0. The molecule has 1 aliphatic rings. The maximum atomic E-state index is 12.1. The van der Waals surface area contributed by atoms with Gasteiger partial charge in [0.2, 0.25) is 0 Å². The Morgan fingerprint density at radius 2 is 1.87 bits per heavy atom. The predicted molar refractivity (Wildman–Crippen MR) is 123 cm³/mol. The summed E-state index contributed by atoms with van der Waals surface area (Å²) in [6, 6.07) is 11.3. The second-order valence-electron chi connectivity index (χ2n) is 7.43. The number of hydrazone groups is 1. The summed E-state index contributed by atoms with van der Waals surface area (Å²) in [5.74, 6) is 1.68. The van der Waals surface area contributed by atoms with Crippen LogP contribution in [-0.2, 0) is 4.79 Å². The van der Waals surface area contributed by atoms with Gasteiger partial charge in [0, 0.05) is 50.6 Å². The average Bonchev–Trinajstić information content (AvgIpc) is 3.32. The van der Waals surface area contributed by atoms with Crippen molar-refractivity contribution in [1.29, 1.82) is 0 Å². The van der Waals surface area contributed by atoms with E-state index in [9.17, 15) is 4.79 Å². The Hall–Kier alpha value is -3.42. The lowest BCUT2D eigenvalue weighted by Gasteiger charge is -2.22. The number of rotatable bonds is 9. The van der Waals surface area contributed by atoms with Gasteiger partial charge in [-0.1, -0.05) is 6.07 Å². The zero-order chi connectivity index (χ0) is 22.2. The van der Waals surface area contributed by atoms with Gasteiger partial charge in [0.1, 0.15) is 17.2 Å². The maximum absolute atomic E-state index is 12.1. The number of anilines is 2. The van der Waals surface area contributed by atoms with Gasteiger partial charge in [-0.25, -0.2) is 5.43 Å². The van der Waals surface area contributed by atoms with Crippen molar-refractivity contribution in [3.8, 4) is 17.2 Å². The van der Waals surface area contributed by atoms with Crippen molar-refractivity contribution in [2.75, 3.05) is 57.8 Å². The molecule has 0 radical (unpaired) electrons. The molecule has 2 aromatic carbocycles. The topological polar surface area (TPSA) is 75.6 Å². The summed E-state index contributed by atoms with van der Waals surface area (Å²) in [6.45, 7) is 1.86. The van der Waals surface area contributed by atoms with Gasteiger partial charge in [0.15, 0.2) is 6.61 Å². The van der Waals surface area contributed by atoms with Crippen LogP contribution in [-0.4, -0.2) is 60.1 Å². The van der Waals surface area contributed by atoms with Crippen molar-refractivity contribution in [2.24, 2.45) is 5.10 Å². The molecule has 0 atom stereocenters. The minimum atomic E-state index is -0.355. The van der Waals surface area contributed by atoms with Crippen LogP contribution in [0, 0.1) is 0 Å². The third-order valence-corrected chi connectivity index (χ3v) is 5.07. The van der Waals surface area contributed by atoms with E-state index in [-0.39, 0.29) is 12.5 Å². The summed E-state index contributed by atoms with van der Waals surface area (Å²) in [6.07, 6.45) is 3.88. The number of methoxy groups -OCH3 is 2. The molecule has 0 bridgehead atoms. The first-order valence-electron chi connectivity index (χ1n) is 10.2. The molecule has 8 nitrogen and oxygen atoms in total. The zero-order valence-electron chi connectivity index (χ0n) is 18.6. The molecule has 1 amide bonds. The van der Waals surface area contributed by atoms with Crippen LogP contribution in [0.4, 0.5) is 11.4 Å². The van der Waals surface area contributed by atoms with Crippen LogP contribution in [0.2, 0.25) is 0 Å². The van der Waals surface area contributed by atoms with Gasteiger partial charge in [0.05, 0.1) is 26.1 Å². The molecule has 1 N–H and O–H groups in total. The fraction of sp³-hybridized carbons (Fsp3) is 0.391. The number of nitrogens with one attached hydrogen (secondary N) is 1. The second-order valence-corrected chi connectivity index (χ2v) is 7.43. The summed E-state index contributed by atoms with van der Waals surface area (Å²) in [5, 5.41) is 4.05. The lowest BCUT2D eigenvalue weighted by atomic mass is 10.1. The first kappa shape index (κ1) is 22.3. The van der Waals surface area contributed by atoms with Crippen LogP contribution < -0.4 is 29.4 Å². The highest BCUT2D eigenvalue weighted by Crippen LogP contribution is 2.36. The standard InChI is InChI=1S/C23H30N4O4/c1-26(2)18-8-7-9-19(13-18)31-16-23(28)25-24-15-17-12-22(30-4)20(14-21(17)29-3)27-10-5-6-11-27/h7-9,12-15H,5-6,10-11,16H2,1-4H3,(H,25,28)/b24-15+. The van der Waals surface area contributed by atoms with E-state index in [4.69, 9.17) is 14.2 Å². The van der Waals surface area contributed by atoms with Crippen LogP contribution in [0.5, 0.6) is 17.2 Å². The zero-order valence-corrected chi connectivity index (χ0v) is 18.6. The van der Waals surface area contributed by atoms with Gasteiger partial charge < -0.3 is 24.0 Å². The first-order chi connectivity index (χ1) is 15.0. The number of benzene rings is 2. The van der Waals surface area contributed by atoms with Gasteiger partial charge in [0.25, 0.3) is 5.91 Å². The molecule has 1 aliphatic heterocycles. The van der Waals surface area contributed by atoms with Crippen LogP contribution in [0.1, 0.15) is 18.4 Å². The predicted octanol–water partition coefficient (Wildman–Crippen LogP) is 2.90. The van der Waals surface area contributed by atoms with E-state index >= 15 is 0 Å². The molecule has 0 spiro atoms. The number of ether oxygens (including phenoxy) is 3. The quantitative estimate of drug-likeness (QED) is 0.491. The van der Waals surface area contributed by atoms with Gasteiger partial charge in [-0.2, -0.15) is 5.10 Å². The summed E-state index contributed by atoms with van der Waals surface area (Å²) in [7, 11) is 7.15. The van der Waals surface area contributed by atoms with Crippen LogP contribution in [0.25, 0.3) is 0 Å². The molecule has 166 valence electrons. The Morgan fingerprint density at radius 1 is 1.13 bits per heavy atom. The van der Waals surface area contributed by atoms with E-state index in [0.29, 0.717) is 17.1 Å². The number of nitrogens with zero attached hydrogens (tertiary/aromatic N) is 3. The van der Waals surface area contributed by atoms with E-state index in [1.165, 1.54) is 12.8 Å². The van der Waals surface area contributed by atoms with Gasteiger partial charge in [-0.15, -0.1) is 0 Å². The Kier molecular flexibility index (Phi) is 7.59. The van der Waals surface area contributed by atoms with E-state index in [1.807, 2.05) is 55.4 Å². The van der Waals surface area contributed by atoms with Gasteiger partial charge >= 0.3 is 0 Å². The van der Waals surface area contributed by atoms with Crippen LogP contribution in [0.15, 0.2) is 41.5 Å².